The standard InChI is InChI=1S/C17H17BrClFN2O/c1-3-4-5-14(15-16(18)13(19)10-21-17(15)20)22-11-6-8-12(23-2)9-7-11/h3,6-10,14,22H,1,4-5H2,2H3/t14-/m1/s1. The molecule has 2 rings (SSSR count). The van der Waals surface area contributed by atoms with Crippen molar-refractivity contribution < 1.29 is 9.13 Å². The van der Waals surface area contributed by atoms with Crippen molar-refractivity contribution in [1.29, 1.82) is 0 Å². The largest absolute Gasteiger partial charge is 0.497 e. The van der Waals surface area contributed by atoms with Crippen LogP contribution >= 0.6 is 27.5 Å². The fourth-order valence-electron chi connectivity index (χ4n) is 2.22. The summed E-state index contributed by atoms with van der Waals surface area (Å²) < 4.78 is 19.9. The fourth-order valence-corrected chi connectivity index (χ4v) is 2.91. The van der Waals surface area contributed by atoms with Gasteiger partial charge in [-0.15, -0.1) is 6.58 Å². The van der Waals surface area contributed by atoms with Crippen molar-refractivity contribution in [1.82, 2.24) is 4.98 Å². The fraction of sp³-hybridized carbons (Fsp3) is 0.235. The van der Waals surface area contributed by atoms with Gasteiger partial charge in [-0.25, -0.2) is 4.98 Å². The molecule has 122 valence electrons. The second-order valence-corrected chi connectivity index (χ2v) is 6.12. The van der Waals surface area contributed by atoms with Crippen molar-refractivity contribution in [2.24, 2.45) is 0 Å². The van der Waals surface area contributed by atoms with Crippen LogP contribution in [0.5, 0.6) is 5.75 Å². The molecule has 0 saturated carbocycles. The number of allylic oxidation sites excluding steroid dienone is 1. The number of aromatic nitrogens is 1. The molecule has 0 radical (unpaired) electrons. The molecule has 2 aromatic rings. The number of halogens is 3. The average Bonchev–Trinajstić information content (AvgIpc) is 2.56. The highest BCUT2D eigenvalue weighted by molar-refractivity contribution is 9.10. The summed E-state index contributed by atoms with van der Waals surface area (Å²) in [7, 11) is 1.61. The molecule has 0 aliphatic heterocycles. The van der Waals surface area contributed by atoms with Crippen molar-refractivity contribution in [2.75, 3.05) is 12.4 Å². The van der Waals surface area contributed by atoms with E-state index in [9.17, 15) is 4.39 Å². The Hall–Kier alpha value is -1.59. The van der Waals surface area contributed by atoms with E-state index in [1.165, 1.54) is 6.20 Å². The summed E-state index contributed by atoms with van der Waals surface area (Å²) >= 11 is 9.43. The molecule has 3 nitrogen and oxygen atoms in total. The molecule has 23 heavy (non-hydrogen) atoms. The van der Waals surface area contributed by atoms with Crippen LogP contribution in [0, 0.1) is 5.95 Å². The summed E-state index contributed by atoms with van der Waals surface area (Å²) in [6.07, 6.45) is 4.48. The maximum atomic E-state index is 14.2. The van der Waals surface area contributed by atoms with Gasteiger partial charge in [-0.1, -0.05) is 17.7 Å². The van der Waals surface area contributed by atoms with E-state index in [1.54, 1.807) is 13.2 Å². The monoisotopic (exact) mass is 398 g/mol. The Balaban J connectivity index is 2.33. The first kappa shape index (κ1) is 17.8. The second kappa shape index (κ2) is 8.31. The van der Waals surface area contributed by atoms with Gasteiger partial charge in [0, 0.05) is 21.9 Å². The number of hydrogen-bond acceptors (Lipinski definition) is 3. The number of pyridine rings is 1. The Morgan fingerprint density at radius 3 is 2.74 bits per heavy atom. The minimum atomic E-state index is -0.545. The van der Waals surface area contributed by atoms with Crippen LogP contribution in [0.3, 0.4) is 0 Å². The molecule has 1 aromatic heterocycles. The highest BCUT2D eigenvalue weighted by Crippen LogP contribution is 2.35. The zero-order valence-electron chi connectivity index (χ0n) is 12.7. The zero-order chi connectivity index (χ0) is 16.8. The van der Waals surface area contributed by atoms with Crippen LogP contribution in [0.15, 0.2) is 47.6 Å². The molecule has 0 amide bonds. The molecule has 0 aliphatic rings. The first-order valence-corrected chi connectivity index (χ1v) is 8.24. The summed E-state index contributed by atoms with van der Waals surface area (Å²) in [4.78, 5) is 3.72. The molecule has 0 saturated heterocycles. The number of nitrogens with one attached hydrogen (secondary N) is 1. The second-order valence-electron chi connectivity index (χ2n) is 4.92. The van der Waals surface area contributed by atoms with Gasteiger partial charge in [-0.05, 0) is 53.0 Å². The van der Waals surface area contributed by atoms with Crippen molar-refractivity contribution in [2.45, 2.75) is 18.9 Å². The summed E-state index contributed by atoms with van der Waals surface area (Å²) in [6, 6.07) is 7.15. The number of hydrogen-bond donors (Lipinski definition) is 1. The first-order valence-electron chi connectivity index (χ1n) is 7.07. The van der Waals surface area contributed by atoms with Gasteiger partial charge in [0.15, 0.2) is 0 Å². The van der Waals surface area contributed by atoms with Crippen LogP contribution < -0.4 is 10.1 Å². The number of ether oxygens (including phenoxy) is 1. The minimum absolute atomic E-state index is 0.290. The summed E-state index contributed by atoms with van der Waals surface area (Å²) in [6.45, 7) is 3.73. The predicted molar refractivity (Wildman–Crippen MR) is 95.7 cm³/mol. The highest BCUT2D eigenvalue weighted by Gasteiger charge is 2.21. The number of methoxy groups -OCH3 is 1. The lowest BCUT2D eigenvalue weighted by Crippen LogP contribution is -2.14. The lowest BCUT2D eigenvalue weighted by Gasteiger charge is -2.22. The Morgan fingerprint density at radius 2 is 2.13 bits per heavy atom. The number of anilines is 1. The van der Waals surface area contributed by atoms with Gasteiger partial charge < -0.3 is 10.1 Å². The Labute approximate surface area is 148 Å². The van der Waals surface area contributed by atoms with E-state index in [1.807, 2.05) is 24.3 Å². The molecular weight excluding hydrogens is 383 g/mol. The zero-order valence-corrected chi connectivity index (χ0v) is 15.0. The molecule has 0 bridgehead atoms. The van der Waals surface area contributed by atoms with Gasteiger partial charge in [0.2, 0.25) is 5.95 Å². The SMILES string of the molecule is C=CCC[C@@H](Nc1ccc(OC)cc1)c1c(F)ncc(Cl)c1Br. The lowest BCUT2D eigenvalue weighted by molar-refractivity contribution is 0.415. The van der Waals surface area contributed by atoms with E-state index >= 15 is 0 Å². The minimum Gasteiger partial charge on any atom is -0.497 e. The average molecular weight is 400 g/mol. The number of nitrogens with zero attached hydrogens (tertiary/aromatic N) is 1. The van der Waals surface area contributed by atoms with E-state index in [2.05, 4.69) is 32.8 Å². The van der Waals surface area contributed by atoms with Gasteiger partial charge in [-0.2, -0.15) is 4.39 Å². The topological polar surface area (TPSA) is 34.1 Å². The smallest absolute Gasteiger partial charge is 0.219 e. The third-order valence-corrected chi connectivity index (χ3v) is 4.77. The lowest BCUT2D eigenvalue weighted by atomic mass is 10.0. The first-order chi connectivity index (χ1) is 11.1. The Kier molecular flexibility index (Phi) is 6.42. The Bertz CT molecular complexity index is 679. The van der Waals surface area contributed by atoms with Gasteiger partial charge in [0.25, 0.3) is 0 Å². The molecule has 0 spiro atoms. The van der Waals surface area contributed by atoms with Crippen molar-refractivity contribution >= 4 is 33.2 Å². The van der Waals surface area contributed by atoms with Crippen LogP contribution in [0.4, 0.5) is 10.1 Å². The molecule has 1 N–H and O–H groups in total. The van der Waals surface area contributed by atoms with E-state index < -0.39 is 5.95 Å². The van der Waals surface area contributed by atoms with Crippen LogP contribution in [-0.4, -0.2) is 12.1 Å². The third-order valence-electron chi connectivity index (χ3n) is 3.40. The number of benzene rings is 1. The van der Waals surface area contributed by atoms with E-state index in [0.29, 0.717) is 21.5 Å². The van der Waals surface area contributed by atoms with Crippen LogP contribution in [-0.2, 0) is 0 Å². The van der Waals surface area contributed by atoms with Crippen molar-refractivity contribution in [3.8, 4) is 5.75 Å². The highest BCUT2D eigenvalue weighted by atomic mass is 79.9. The predicted octanol–water partition coefficient (Wildman–Crippen LogP) is 5.76. The maximum absolute atomic E-state index is 14.2. The molecule has 6 heteroatoms. The summed E-state index contributed by atoms with van der Waals surface area (Å²) in [5, 5.41) is 3.69. The molecule has 0 unspecified atom stereocenters. The Morgan fingerprint density at radius 1 is 1.43 bits per heavy atom. The maximum Gasteiger partial charge on any atom is 0.219 e. The van der Waals surface area contributed by atoms with Crippen LogP contribution in [0.2, 0.25) is 5.02 Å². The van der Waals surface area contributed by atoms with E-state index in [4.69, 9.17) is 16.3 Å². The van der Waals surface area contributed by atoms with Crippen molar-refractivity contribution in [3.63, 3.8) is 0 Å². The van der Waals surface area contributed by atoms with E-state index in [-0.39, 0.29) is 6.04 Å². The van der Waals surface area contributed by atoms with Crippen molar-refractivity contribution in [3.05, 3.63) is 64.1 Å². The quantitative estimate of drug-likeness (QED) is 0.474. The molecule has 1 aromatic carbocycles. The van der Waals surface area contributed by atoms with Gasteiger partial charge in [-0.3, -0.25) is 0 Å². The molecular formula is C17H17BrClFN2O. The molecule has 0 aliphatic carbocycles. The molecule has 0 fully saturated rings. The number of rotatable bonds is 7. The third kappa shape index (κ3) is 4.45. The summed E-state index contributed by atoms with van der Waals surface area (Å²) in [5.74, 6) is 0.214. The summed E-state index contributed by atoms with van der Waals surface area (Å²) in [5.41, 5.74) is 1.27. The van der Waals surface area contributed by atoms with Gasteiger partial charge in [0.1, 0.15) is 5.75 Å². The van der Waals surface area contributed by atoms with Crippen LogP contribution in [0.1, 0.15) is 24.4 Å². The normalized spacial score (nSPS) is 11.8. The van der Waals surface area contributed by atoms with Gasteiger partial charge in [0.05, 0.1) is 18.2 Å². The van der Waals surface area contributed by atoms with Gasteiger partial charge >= 0.3 is 0 Å². The van der Waals surface area contributed by atoms with E-state index in [0.717, 1.165) is 17.9 Å². The molecule has 1 atom stereocenters. The van der Waals surface area contributed by atoms with Crippen LogP contribution in [0.25, 0.3) is 0 Å². The molecule has 1 heterocycles.